The fourth-order valence-electron chi connectivity index (χ4n) is 1.94. The van der Waals surface area contributed by atoms with E-state index in [1.54, 1.807) is 12.1 Å². The average molecular weight is 372 g/mol. The Balaban J connectivity index is 1.72. The number of amides is 1. The van der Waals surface area contributed by atoms with Gasteiger partial charge in [0, 0.05) is 17.3 Å². The molecule has 24 heavy (non-hydrogen) atoms. The van der Waals surface area contributed by atoms with Gasteiger partial charge in [0.15, 0.2) is 11.6 Å². The highest BCUT2D eigenvalue weighted by molar-refractivity contribution is 7.99. The molecule has 7 heteroatoms. The zero-order valence-electron chi connectivity index (χ0n) is 12.6. The molecule has 2 rings (SSSR count). The minimum absolute atomic E-state index is 0.0641. The normalized spacial score (nSPS) is 12.0. The molecular weight excluding hydrogens is 356 g/mol. The lowest BCUT2D eigenvalue weighted by Gasteiger charge is -2.12. The van der Waals surface area contributed by atoms with E-state index in [4.69, 9.17) is 11.6 Å². The van der Waals surface area contributed by atoms with Crippen LogP contribution in [0, 0.1) is 11.6 Å². The summed E-state index contributed by atoms with van der Waals surface area (Å²) in [5.74, 6) is -1.36. The Morgan fingerprint density at radius 3 is 2.54 bits per heavy atom. The van der Waals surface area contributed by atoms with E-state index in [0.29, 0.717) is 10.8 Å². The van der Waals surface area contributed by atoms with Crippen molar-refractivity contribution in [1.82, 2.24) is 5.32 Å². The maximum absolute atomic E-state index is 13.1. The van der Waals surface area contributed by atoms with Crippen molar-refractivity contribution in [2.24, 2.45) is 0 Å². The van der Waals surface area contributed by atoms with Crippen LogP contribution in [0.1, 0.15) is 17.2 Å². The molecule has 2 N–H and O–H groups in total. The molecule has 0 spiro atoms. The summed E-state index contributed by atoms with van der Waals surface area (Å²) in [5.41, 5.74) is 1.27. The lowest BCUT2D eigenvalue weighted by molar-refractivity contribution is -0.119. The number of hydrogen-bond acceptors (Lipinski definition) is 3. The van der Waals surface area contributed by atoms with Crippen molar-refractivity contribution in [3.05, 3.63) is 70.2 Å². The van der Waals surface area contributed by atoms with Gasteiger partial charge < -0.3 is 10.4 Å². The van der Waals surface area contributed by atoms with E-state index in [-0.39, 0.29) is 23.8 Å². The third-order valence-corrected chi connectivity index (χ3v) is 4.49. The van der Waals surface area contributed by atoms with Crippen molar-refractivity contribution in [1.29, 1.82) is 0 Å². The topological polar surface area (TPSA) is 49.3 Å². The van der Waals surface area contributed by atoms with Crippen molar-refractivity contribution in [2.45, 2.75) is 11.9 Å². The maximum atomic E-state index is 13.1. The number of thioether (sulfide) groups is 1. The van der Waals surface area contributed by atoms with E-state index < -0.39 is 17.7 Å². The summed E-state index contributed by atoms with van der Waals surface area (Å²) < 4.78 is 25.9. The molecule has 128 valence electrons. The van der Waals surface area contributed by atoms with Crippen LogP contribution in [0.15, 0.2) is 42.5 Å². The first-order valence-corrected chi connectivity index (χ1v) is 8.71. The van der Waals surface area contributed by atoms with Crippen molar-refractivity contribution in [3.8, 4) is 0 Å². The highest BCUT2D eigenvalue weighted by Gasteiger charge is 2.12. The van der Waals surface area contributed by atoms with Gasteiger partial charge in [-0.3, -0.25) is 4.79 Å². The smallest absolute Gasteiger partial charge is 0.230 e. The zero-order chi connectivity index (χ0) is 17.5. The van der Waals surface area contributed by atoms with Gasteiger partial charge in [-0.15, -0.1) is 11.8 Å². The van der Waals surface area contributed by atoms with Crippen molar-refractivity contribution < 1.29 is 18.7 Å². The molecule has 0 aliphatic heterocycles. The number of nitrogens with one attached hydrogen (secondary N) is 1. The molecule has 2 aromatic rings. The lowest BCUT2D eigenvalue weighted by Crippen LogP contribution is -2.29. The second kappa shape index (κ2) is 9.01. The molecule has 0 aromatic heterocycles. The van der Waals surface area contributed by atoms with E-state index in [1.807, 2.05) is 12.1 Å². The molecule has 1 amide bonds. The van der Waals surface area contributed by atoms with Gasteiger partial charge in [0.2, 0.25) is 5.91 Å². The van der Waals surface area contributed by atoms with E-state index >= 15 is 0 Å². The van der Waals surface area contributed by atoms with Crippen LogP contribution in [-0.2, 0) is 10.5 Å². The van der Waals surface area contributed by atoms with Crippen LogP contribution in [0.4, 0.5) is 8.78 Å². The van der Waals surface area contributed by atoms with Gasteiger partial charge >= 0.3 is 0 Å². The molecule has 2 aromatic carbocycles. The lowest BCUT2D eigenvalue weighted by atomic mass is 10.1. The molecule has 0 radical (unpaired) electrons. The minimum Gasteiger partial charge on any atom is -0.387 e. The number of rotatable bonds is 7. The van der Waals surface area contributed by atoms with Crippen molar-refractivity contribution in [2.75, 3.05) is 12.3 Å². The molecule has 0 bridgehead atoms. The van der Waals surface area contributed by atoms with Crippen LogP contribution in [0.3, 0.4) is 0 Å². The number of aliphatic hydroxyl groups excluding tert-OH is 1. The highest BCUT2D eigenvalue weighted by atomic mass is 35.5. The number of aliphatic hydroxyl groups is 1. The van der Waals surface area contributed by atoms with Crippen molar-refractivity contribution in [3.63, 3.8) is 0 Å². The fourth-order valence-corrected chi connectivity index (χ4v) is 2.88. The number of carbonyl (C=O) groups excluding carboxylic acids is 1. The van der Waals surface area contributed by atoms with Gasteiger partial charge in [0.1, 0.15) is 0 Å². The predicted molar refractivity (Wildman–Crippen MR) is 91.9 cm³/mol. The van der Waals surface area contributed by atoms with Gasteiger partial charge in [-0.1, -0.05) is 29.8 Å². The SMILES string of the molecule is O=C(CSCc1ccc(Cl)cc1)NCC(O)c1ccc(F)c(F)c1. The molecular formula is C17H16ClF2NO2S. The van der Waals surface area contributed by atoms with Crippen LogP contribution in [-0.4, -0.2) is 23.3 Å². The zero-order valence-corrected chi connectivity index (χ0v) is 14.2. The summed E-state index contributed by atoms with van der Waals surface area (Å²) in [6.45, 7) is -0.0641. The van der Waals surface area contributed by atoms with Crippen LogP contribution in [0.5, 0.6) is 0 Å². The Hall–Kier alpha value is -1.63. The predicted octanol–water partition coefficient (Wildman–Crippen LogP) is 3.70. The third-order valence-electron chi connectivity index (χ3n) is 3.24. The number of halogens is 3. The number of benzene rings is 2. The summed E-state index contributed by atoms with van der Waals surface area (Å²) >= 11 is 7.22. The second-order valence-corrected chi connectivity index (χ2v) is 6.53. The van der Waals surface area contributed by atoms with Gasteiger partial charge in [-0.25, -0.2) is 8.78 Å². The third kappa shape index (κ3) is 5.78. The fraction of sp³-hybridized carbons (Fsp3) is 0.235. The summed E-state index contributed by atoms with van der Waals surface area (Å²) in [5, 5.41) is 13.1. The monoisotopic (exact) mass is 371 g/mol. The molecule has 0 aliphatic rings. The Bertz CT molecular complexity index is 697. The molecule has 1 unspecified atom stereocenters. The standard InChI is InChI=1S/C17H16ClF2NO2S/c18-13-4-1-11(2-5-13)9-24-10-17(23)21-8-16(22)12-3-6-14(19)15(20)7-12/h1-7,16,22H,8-10H2,(H,21,23). The van der Waals surface area contributed by atoms with Gasteiger partial charge in [-0.05, 0) is 35.4 Å². The second-order valence-electron chi connectivity index (χ2n) is 5.11. The summed E-state index contributed by atoms with van der Waals surface area (Å²) in [6.07, 6.45) is -1.09. The van der Waals surface area contributed by atoms with Crippen LogP contribution < -0.4 is 5.32 Å². The van der Waals surface area contributed by atoms with E-state index in [2.05, 4.69) is 5.32 Å². The molecule has 0 aliphatic carbocycles. The Kier molecular flexibility index (Phi) is 7.02. The average Bonchev–Trinajstić information content (AvgIpc) is 2.57. The first-order valence-electron chi connectivity index (χ1n) is 7.17. The molecule has 3 nitrogen and oxygen atoms in total. The van der Waals surface area contributed by atoms with E-state index in [9.17, 15) is 18.7 Å². The Morgan fingerprint density at radius 1 is 1.17 bits per heavy atom. The molecule has 0 saturated carbocycles. The van der Waals surface area contributed by atoms with Gasteiger partial charge in [-0.2, -0.15) is 0 Å². The van der Waals surface area contributed by atoms with Gasteiger partial charge in [0.25, 0.3) is 0 Å². The first-order chi connectivity index (χ1) is 11.5. The summed E-state index contributed by atoms with van der Waals surface area (Å²) in [7, 11) is 0. The highest BCUT2D eigenvalue weighted by Crippen LogP contribution is 2.17. The van der Waals surface area contributed by atoms with Crippen LogP contribution in [0.25, 0.3) is 0 Å². The number of carbonyl (C=O) groups is 1. The van der Waals surface area contributed by atoms with Crippen LogP contribution >= 0.6 is 23.4 Å². The van der Waals surface area contributed by atoms with Gasteiger partial charge in [0.05, 0.1) is 11.9 Å². The molecule has 1 atom stereocenters. The largest absolute Gasteiger partial charge is 0.387 e. The Morgan fingerprint density at radius 2 is 1.88 bits per heavy atom. The first kappa shape index (κ1) is 18.7. The maximum Gasteiger partial charge on any atom is 0.230 e. The van der Waals surface area contributed by atoms with E-state index in [0.717, 1.165) is 17.7 Å². The van der Waals surface area contributed by atoms with Crippen molar-refractivity contribution >= 4 is 29.3 Å². The molecule has 0 fully saturated rings. The minimum atomic E-state index is -1.09. The Labute approximate surface area is 148 Å². The molecule has 0 saturated heterocycles. The van der Waals surface area contributed by atoms with Crippen LogP contribution in [0.2, 0.25) is 5.02 Å². The summed E-state index contributed by atoms with van der Waals surface area (Å²) in [4.78, 5) is 11.7. The van der Waals surface area contributed by atoms with E-state index in [1.165, 1.54) is 17.8 Å². The quantitative estimate of drug-likeness (QED) is 0.780. The number of hydrogen-bond donors (Lipinski definition) is 2. The summed E-state index contributed by atoms with van der Waals surface area (Å²) in [6, 6.07) is 10.5. The molecule has 0 heterocycles.